The molecule has 4 rings (SSSR count). The summed E-state index contributed by atoms with van der Waals surface area (Å²) < 4.78 is 85.9. The highest BCUT2D eigenvalue weighted by Gasteiger charge is 2.40. The molecule has 2 atom stereocenters. The Hall–Kier alpha value is -2.18. The molecule has 1 saturated heterocycles. The zero-order valence-corrected chi connectivity index (χ0v) is 22.3. The molecule has 1 amide bonds. The maximum atomic E-state index is 15.0. The topological polar surface area (TPSA) is 61.4 Å². The van der Waals surface area contributed by atoms with Crippen LogP contribution >= 0.6 is 11.8 Å². The van der Waals surface area contributed by atoms with Gasteiger partial charge in [-0.15, -0.1) is 11.8 Å². The summed E-state index contributed by atoms with van der Waals surface area (Å²) in [6.45, 7) is 1.14. The first-order valence-electron chi connectivity index (χ1n) is 12.5. The smallest absolute Gasteiger partial charge is 0.269 e. The summed E-state index contributed by atoms with van der Waals surface area (Å²) >= 11 is 1.38. The normalized spacial score (nSPS) is 19.4. The standard InChI is InChI=1S/C26H30F5N3O2S2/c27-17-4-6-20(7-5-17)37-16-19(8-11-34-14-18(28)15-34)32-24-22(29)12-21(13-23(24)30)38(36)33-25(35)26(31)9-2-1-3-10-26/h4-7,12-13,18-19,32H,1-3,8-11,14-16H2,(H,33,35)/t19-,38?/m1/s1. The number of anilines is 1. The van der Waals surface area contributed by atoms with E-state index < -0.39 is 52.1 Å². The van der Waals surface area contributed by atoms with Gasteiger partial charge < -0.3 is 5.32 Å². The number of nitrogens with zero attached hydrogens (tertiary/aromatic N) is 1. The number of carbonyl (C=O) groups is 1. The van der Waals surface area contributed by atoms with E-state index in [1.54, 1.807) is 12.1 Å². The number of hydrogen-bond acceptors (Lipinski definition) is 5. The van der Waals surface area contributed by atoms with Gasteiger partial charge in [0.1, 0.15) is 17.7 Å². The van der Waals surface area contributed by atoms with E-state index in [0.29, 0.717) is 44.6 Å². The Kier molecular flexibility index (Phi) is 9.69. The van der Waals surface area contributed by atoms with Gasteiger partial charge in [0.05, 0.1) is 4.90 Å². The lowest BCUT2D eigenvalue weighted by molar-refractivity contribution is -0.132. The van der Waals surface area contributed by atoms with Crippen molar-refractivity contribution in [3.8, 4) is 0 Å². The Morgan fingerprint density at radius 1 is 1.08 bits per heavy atom. The molecule has 0 bridgehead atoms. The minimum Gasteiger partial charge on any atom is -0.377 e. The van der Waals surface area contributed by atoms with Crippen molar-refractivity contribution in [1.82, 2.24) is 9.62 Å². The van der Waals surface area contributed by atoms with Crippen LogP contribution in [0.15, 0.2) is 46.2 Å². The number of nitrogens with one attached hydrogen (secondary N) is 2. The Balaban J connectivity index is 1.42. The molecule has 2 aliphatic rings. The highest BCUT2D eigenvalue weighted by molar-refractivity contribution is 7.99. The molecule has 1 aliphatic heterocycles. The predicted molar refractivity (Wildman–Crippen MR) is 138 cm³/mol. The largest absolute Gasteiger partial charge is 0.377 e. The van der Waals surface area contributed by atoms with Crippen molar-refractivity contribution in [2.75, 3.05) is 30.7 Å². The first-order valence-corrected chi connectivity index (χ1v) is 14.7. The van der Waals surface area contributed by atoms with Crippen LogP contribution in [0.2, 0.25) is 0 Å². The molecule has 1 unspecified atom stereocenters. The number of halogens is 5. The Morgan fingerprint density at radius 3 is 2.32 bits per heavy atom. The Labute approximate surface area is 225 Å². The maximum absolute atomic E-state index is 15.0. The molecule has 2 fully saturated rings. The van der Waals surface area contributed by atoms with Crippen LogP contribution in [0, 0.1) is 17.5 Å². The molecular weight excluding hydrogens is 545 g/mol. The Bertz CT molecular complexity index is 1120. The van der Waals surface area contributed by atoms with Gasteiger partial charge >= 0.3 is 0 Å². The van der Waals surface area contributed by atoms with Crippen molar-refractivity contribution in [2.45, 2.75) is 66.2 Å². The number of thioether (sulfide) groups is 1. The fraction of sp³-hybridized carbons (Fsp3) is 0.500. The third-order valence-electron chi connectivity index (χ3n) is 6.79. The maximum Gasteiger partial charge on any atom is 0.269 e. The number of carbonyl (C=O) groups excluding carboxylic acids is 1. The van der Waals surface area contributed by atoms with Crippen LogP contribution in [0.5, 0.6) is 0 Å². The van der Waals surface area contributed by atoms with Crippen LogP contribution in [-0.2, 0) is 15.8 Å². The second-order valence-corrected chi connectivity index (χ2v) is 12.0. The fourth-order valence-corrected chi connectivity index (χ4v) is 6.39. The molecule has 0 aromatic heterocycles. The third-order valence-corrected chi connectivity index (χ3v) is 9.00. The first-order chi connectivity index (χ1) is 18.1. The van der Waals surface area contributed by atoms with E-state index in [0.717, 1.165) is 23.4 Å². The van der Waals surface area contributed by atoms with E-state index in [9.17, 15) is 22.2 Å². The summed E-state index contributed by atoms with van der Waals surface area (Å²) in [6, 6.07) is 7.12. The molecule has 2 aromatic carbocycles. The van der Waals surface area contributed by atoms with E-state index in [1.807, 2.05) is 4.90 Å². The fourth-order valence-electron chi connectivity index (χ4n) is 4.53. The highest BCUT2D eigenvalue weighted by atomic mass is 32.2. The van der Waals surface area contributed by atoms with Gasteiger partial charge in [0.2, 0.25) is 0 Å². The van der Waals surface area contributed by atoms with Crippen LogP contribution in [0.4, 0.5) is 27.6 Å². The molecule has 5 nitrogen and oxygen atoms in total. The molecule has 12 heteroatoms. The average molecular weight is 576 g/mol. The van der Waals surface area contributed by atoms with Crippen LogP contribution in [-0.4, -0.2) is 58.3 Å². The van der Waals surface area contributed by atoms with E-state index in [2.05, 4.69) is 10.0 Å². The minimum absolute atomic E-state index is 0.0162. The lowest BCUT2D eigenvalue weighted by Gasteiger charge is -2.35. The van der Waals surface area contributed by atoms with Crippen molar-refractivity contribution in [1.29, 1.82) is 0 Å². The number of benzene rings is 2. The lowest BCUT2D eigenvalue weighted by Crippen LogP contribution is -2.49. The summed E-state index contributed by atoms with van der Waals surface area (Å²) in [5, 5.41) is 2.87. The lowest BCUT2D eigenvalue weighted by atomic mass is 9.86. The second-order valence-electron chi connectivity index (χ2n) is 9.74. The molecule has 2 N–H and O–H groups in total. The number of alkyl halides is 2. The quantitative estimate of drug-likeness (QED) is 0.273. The minimum atomic E-state index is -2.34. The zero-order chi connectivity index (χ0) is 27.3. The van der Waals surface area contributed by atoms with E-state index in [4.69, 9.17) is 0 Å². The van der Waals surface area contributed by atoms with E-state index in [-0.39, 0.29) is 23.6 Å². The van der Waals surface area contributed by atoms with Crippen LogP contribution in [0.1, 0.15) is 38.5 Å². The van der Waals surface area contributed by atoms with Crippen molar-refractivity contribution in [3.05, 3.63) is 53.8 Å². The van der Waals surface area contributed by atoms with Crippen molar-refractivity contribution < 1.29 is 31.0 Å². The second kappa shape index (κ2) is 12.8. The van der Waals surface area contributed by atoms with Gasteiger partial charge in [-0.2, -0.15) is 0 Å². The number of hydrogen-bond donors (Lipinski definition) is 2. The predicted octanol–water partition coefficient (Wildman–Crippen LogP) is 5.53. The summed E-state index contributed by atoms with van der Waals surface area (Å²) in [7, 11) is -2.34. The van der Waals surface area contributed by atoms with Gasteiger partial charge in [-0.25, -0.2) is 26.2 Å². The molecule has 2 aromatic rings. The number of likely N-dealkylation sites (tertiary alicyclic amines) is 1. The van der Waals surface area contributed by atoms with Gasteiger partial charge in [0.15, 0.2) is 28.3 Å². The van der Waals surface area contributed by atoms with Crippen LogP contribution < -0.4 is 10.0 Å². The molecule has 1 saturated carbocycles. The molecule has 0 spiro atoms. The monoisotopic (exact) mass is 575 g/mol. The zero-order valence-electron chi connectivity index (χ0n) is 20.7. The van der Waals surface area contributed by atoms with Gasteiger partial charge in [-0.1, -0.05) is 6.42 Å². The van der Waals surface area contributed by atoms with Crippen molar-refractivity contribution in [3.63, 3.8) is 0 Å². The van der Waals surface area contributed by atoms with Gasteiger partial charge in [0.25, 0.3) is 5.91 Å². The van der Waals surface area contributed by atoms with Gasteiger partial charge in [-0.05, 0) is 68.5 Å². The highest BCUT2D eigenvalue weighted by Crippen LogP contribution is 2.32. The summed E-state index contributed by atoms with van der Waals surface area (Å²) in [6.07, 6.45) is 1.50. The molecule has 1 aliphatic carbocycles. The van der Waals surface area contributed by atoms with Crippen LogP contribution in [0.3, 0.4) is 0 Å². The number of rotatable bonds is 11. The first kappa shape index (κ1) is 28.8. The summed E-state index contributed by atoms with van der Waals surface area (Å²) in [4.78, 5) is 14.7. The molecule has 0 radical (unpaired) electrons. The third kappa shape index (κ3) is 7.47. The van der Waals surface area contributed by atoms with Crippen LogP contribution in [0.25, 0.3) is 0 Å². The SMILES string of the molecule is O=C(NS(=O)c1cc(F)c(N[C@H](CCN2CC(F)C2)CSc2ccc(F)cc2)c(F)c1)C1(F)CCCCC1. The molecule has 208 valence electrons. The van der Waals surface area contributed by atoms with Gasteiger partial charge in [-0.3, -0.25) is 14.4 Å². The summed E-state index contributed by atoms with van der Waals surface area (Å²) in [5.74, 6) is -3.06. The Morgan fingerprint density at radius 2 is 1.71 bits per heavy atom. The van der Waals surface area contributed by atoms with E-state index >= 15 is 8.78 Å². The van der Waals surface area contributed by atoms with Crippen molar-refractivity contribution >= 4 is 34.3 Å². The van der Waals surface area contributed by atoms with E-state index in [1.165, 1.54) is 23.9 Å². The summed E-state index contributed by atoms with van der Waals surface area (Å²) in [5.41, 5.74) is -2.57. The molecule has 38 heavy (non-hydrogen) atoms. The molecule has 1 heterocycles. The van der Waals surface area contributed by atoms with Crippen molar-refractivity contribution in [2.24, 2.45) is 0 Å². The number of amides is 1. The molecular formula is C26H30F5N3O2S2. The average Bonchev–Trinajstić information content (AvgIpc) is 2.87. The van der Waals surface area contributed by atoms with Gasteiger partial charge in [0, 0.05) is 36.3 Å².